The molecular weight excluding hydrogens is 466 g/mol. The second-order valence-corrected chi connectivity index (χ2v) is 11.0. The number of rotatable bonds is 6. The molecule has 3 aliphatic rings. The Balaban J connectivity index is 1.25. The van der Waals surface area contributed by atoms with Gasteiger partial charge in [0.05, 0.1) is 0 Å². The summed E-state index contributed by atoms with van der Waals surface area (Å²) in [7, 11) is 0. The van der Waals surface area contributed by atoms with Crippen LogP contribution in [0.5, 0.6) is 0 Å². The van der Waals surface area contributed by atoms with E-state index in [1.807, 2.05) is 31.2 Å². The third-order valence-corrected chi connectivity index (χ3v) is 8.15. The van der Waals surface area contributed by atoms with Crippen LogP contribution in [0.4, 0.5) is 4.79 Å². The highest BCUT2D eigenvalue weighted by atomic mass is 16.6. The standard InChI is InChI=1S/C30H37N3O4/c1-4-15-33-27(34)26(18-20(2)3)31-28(35)30(33)13-16-32(17-14-30)29(36)37-19-25-23-11-7-5-9-21(23)22-10-6-8-12-24(22)25/h5-12,20,25-26H,4,13-19H2,1-3H3,(H,31,35). The largest absolute Gasteiger partial charge is 0.448 e. The van der Waals surface area contributed by atoms with Gasteiger partial charge in [-0.2, -0.15) is 0 Å². The molecule has 2 aromatic rings. The van der Waals surface area contributed by atoms with E-state index >= 15 is 0 Å². The molecule has 0 radical (unpaired) electrons. The molecule has 7 nitrogen and oxygen atoms in total. The molecule has 2 aromatic carbocycles. The van der Waals surface area contributed by atoms with Gasteiger partial charge in [-0.15, -0.1) is 0 Å². The number of carbonyl (C=O) groups is 3. The van der Waals surface area contributed by atoms with Crippen molar-refractivity contribution in [2.45, 2.75) is 64.0 Å². The van der Waals surface area contributed by atoms with Crippen LogP contribution in [0.3, 0.4) is 0 Å². The monoisotopic (exact) mass is 503 g/mol. The Hall–Kier alpha value is -3.35. The van der Waals surface area contributed by atoms with E-state index in [0.29, 0.717) is 44.8 Å². The van der Waals surface area contributed by atoms with Gasteiger partial charge in [-0.3, -0.25) is 9.59 Å². The second kappa shape index (κ2) is 10.2. The Morgan fingerprint density at radius 1 is 1.03 bits per heavy atom. The van der Waals surface area contributed by atoms with Crippen LogP contribution in [0, 0.1) is 5.92 Å². The molecule has 37 heavy (non-hydrogen) atoms. The molecule has 2 heterocycles. The fourth-order valence-electron chi connectivity index (χ4n) is 6.30. The first-order chi connectivity index (χ1) is 17.9. The van der Waals surface area contributed by atoms with Gasteiger partial charge < -0.3 is 19.9 Å². The molecule has 2 saturated heterocycles. The molecular formula is C30H37N3O4. The van der Waals surface area contributed by atoms with E-state index in [4.69, 9.17) is 4.74 Å². The van der Waals surface area contributed by atoms with Crippen LogP contribution in [0.25, 0.3) is 11.1 Å². The maximum atomic E-state index is 13.4. The van der Waals surface area contributed by atoms with Crippen molar-refractivity contribution in [3.8, 4) is 11.1 Å². The summed E-state index contributed by atoms with van der Waals surface area (Å²) >= 11 is 0. The van der Waals surface area contributed by atoms with E-state index in [0.717, 1.165) is 6.42 Å². The van der Waals surface area contributed by atoms with Gasteiger partial charge in [0, 0.05) is 25.6 Å². The number of likely N-dealkylation sites (tertiary alicyclic amines) is 1. The van der Waals surface area contributed by atoms with E-state index in [9.17, 15) is 14.4 Å². The molecule has 0 saturated carbocycles. The first-order valence-electron chi connectivity index (χ1n) is 13.6. The molecule has 1 N–H and O–H groups in total. The highest BCUT2D eigenvalue weighted by Crippen LogP contribution is 2.44. The normalized spacial score (nSPS) is 20.7. The van der Waals surface area contributed by atoms with Crippen LogP contribution in [0.15, 0.2) is 48.5 Å². The van der Waals surface area contributed by atoms with Gasteiger partial charge in [0.1, 0.15) is 18.2 Å². The predicted octanol–water partition coefficient (Wildman–Crippen LogP) is 4.55. The minimum Gasteiger partial charge on any atom is -0.448 e. The molecule has 1 atom stereocenters. The van der Waals surface area contributed by atoms with Gasteiger partial charge in [0.15, 0.2) is 0 Å². The van der Waals surface area contributed by atoms with Crippen LogP contribution >= 0.6 is 0 Å². The number of carbonyl (C=O) groups excluding carboxylic acids is 3. The van der Waals surface area contributed by atoms with Crippen molar-refractivity contribution in [3.05, 3.63) is 59.7 Å². The van der Waals surface area contributed by atoms with Crippen LogP contribution < -0.4 is 5.32 Å². The lowest BCUT2D eigenvalue weighted by Crippen LogP contribution is -2.73. The van der Waals surface area contributed by atoms with Gasteiger partial charge in [-0.1, -0.05) is 69.3 Å². The number of hydrogen-bond acceptors (Lipinski definition) is 4. The van der Waals surface area contributed by atoms with Gasteiger partial charge in [0.2, 0.25) is 11.8 Å². The fraction of sp³-hybridized carbons (Fsp3) is 0.500. The van der Waals surface area contributed by atoms with Gasteiger partial charge in [-0.05, 0) is 53.9 Å². The molecule has 5 rings (SSSR count). The summed E-state index contributed by atoms with van der Waals surface area (Å²) in [5, 5.41) is 3.01. The van der Waals surface area contributed by atoms with Crippen molar-refractivity contribution >= 4 is 17.9 Å². The van der Waals surface area contributed by atoms with Crippen molar-refractivity contribution in [1.29, 1.82) is 0 Å². The van der Waals surface area contributed by atoms with E-state index in [1.165, 1.54) is 22.3 Å². The summed E-state index contributed by atoms with van der Waals surface area (Å²) in [4.78, 5) is 43.3. The zero-order valence-electron chi connectivity index (χ0n) is 22.0. The molecule has 0 aromatic heterocycles. The maximum absolute atomic E-state index is 13.4. The molecule has 196 valence electrons. The zero-order chi connectivity index (χ0) is 26.2. The maximum Gasteiger partial charge on any atom is 0.409 e. The number of piperazine rings is 1. The molecule has 7 heteroatoms. The quantitative estimate of drug-likeness (QED) is 0.627. The number of fused-ring (bicyclic) bond motifs is 3. The Labute approximate surface area is 219 Å². The summed E-state index contributed by atoms with van der Waals surface area (Å²) < 4.78 is 5.84. The molecule has 1 unspecified atom stereocenters. The molecule has 2 aliphatic heterocycles. The number of hydrogen-bond donors (Lipinski definition) is 1. The summed E-state index contributed by atoms with van der Waals surface area (Å²) in [6.07, 6.45) is 1.89. The van der Waals surface area contributed by atoms with Gasteiger partial charge in [0.25, 0.3) is 0 Å². The van der Waals surface area contributed by atoms with E-state index in [-0.39, 0.29) is 30.4 Å². The predicted molar refractivity (Wildman–Crippen MR) is 142 cm³/mol. The van der Waals surface area contributed by atoms with Crippen LogP contribution in [-0.4, -0.2) is 65.5 Å². The topological polar surface area (TPSA) is 79.0 Å². The zero-order valence-corrected chi connectivity index (χ0v) is 22.0. The summed E-state index contributed by atoms with van der Waals surface area (Å²) in [6.45, 7) is 7.72. The number of ether oxygens (including phenoxy) is 1. The first-order valence-corrected chi connectivity index (χ1v) is 13.6. The number of benzene rings is 2. The summed E-state index contributed by atoms with van der Waals surface area (Å²) in [5.74, 6) is 0.234. The number of nitrogens with zero attached hydrogens (tertiary/aromatic N) is 2. The fourth-order valence-corrected chi connectivity index (χ4v) is 6.30. The number of nitrogens with one attached hydrogen (secondary N) is 1. The third-order valence-electron chi connectivity index (χ3n) is 8.15. The van der Waals surface area contributed by atoms with E-state index in [2.05, 4.69) is 43.4 Å². The van der Waals surface area contributed by atoms with Crippen LogP contribution in [-0.2, 0) is 14.3 Å². The molecule has 1 aliphatic carbocycles. The highest BCUT2D eigenvalue weighted by Gasteiger charge is 2.53. The highest BCUT2D eigenvalue weighted by molar-refractivity contribution is 6.00. The molecule has 1 spiro atoms. The number of piperidine rings is 1. The Morgan fingerprint density at radius 2 is 1.62 bits per heavy atom. The van der Waals surface area contributed by atoms with Gasteiger partial charge >= 0.3 is 6.09 Å². The van der Waals surface area contributed by atoms with E-state index < -0.39 is 11.6 Å². The summed E-state index contributed by atoms with van der Waals surface area (Å²) in [5.41, 5.74) is 3.86. The van der Waals surface area contributed by atoms with Crippen molar-refractivity contribution < 1.29 is 19.1 Å². The molecule has 0 bridgehead atoms. The Kier molecular flexibility index (Phi) is 6.97. The minimum absolute atomic E-state index is 0.00439. The SMILES string of the molecule is CCCN1C(=O)C(CC(C)C)NC(=O)C12CCN(C(=O)OCC1c3ccccc3-c3ccccc31)CC2. The average Bonchev–Trinajstić information content (AvgIpc) is 3.22. The molecule has 3 amide bonds. The lowest BCUT2D eigenvalue weighted by molar-refractivity contribution is -0.161. The van der Waals surface area contributed by atoms with Crippen molar-refractivity contribution in [1.82, 2.24) is 15.1 Å². The van der Waals surface area contributed by atoms with Crippen LogP contribution in [0.2, 0.25) is 0 Å². The minimum atomic E-state index is -0.888. The molecule has 2 fully saturated rings. The van der Waals surface area contributed by atoms with Crippen LogP contribution in [0.1, 0.15) is 63.5 Å². The van der Waals surface area contributed by atoms with E-state index in [1.54, 1.807) is 9.80 Å². The smallest absolute Gasteiger partial charge is 0.409 e. The van der Waals surface area contributed by atoms with Crippen molar-refractivity contribution in [2.24, 2.45) is 5.92 Å². The van der Waals surface area contributed by atoms with Crippen molar-refractivity contribution in [3.63, 3.8) is 0 Å². The van der Waals surface area contributed by atoms with Gasteiger partial charge in [-0.25, -0.2) is 4.79 Å². The third kappa shape index (κ3) is 4.49. The Morgan fingerprint density at radius 3 is 2.19 bits per heavy atom. The second-order valence-electron chi connectivity index (χ2n) is 11.0. The lowest BCUT2D eigenvalue weighted by atomic mass is 9.81. The Bertz CT molecular complexity index is 1140. The summed E-state index contributed by atoms with van der Waals surface area (Å²) in [6, 6.07) is 16.1. The van der Waals surface area contributed by atoms with Crippen molar-refractivity contribution in [2.75, 3.05) is 26.2 Å². The average molecular weight is 504 g/mol. The lowest BCUT2D eigenvalue weighted by Gasteiger charge is -2.51. The first kappa shape index (κ1) is 25.3. The number of amides is 3.